The Kier molecular flexibility index (Phi) is 8.46. The van der Waals surface area contributed by atoms with Crippen molar-refractivity contribution in [3.8, 4) is 11.5 Å². The Morgan fingerprint density at radius 1 is 0.900 bits per heavy atom. The average Bonchev–Trinajstić information content (AvgIpc) is 2.72. The molecule has 1 aromatic carbocycles. The monoisotopic (exact) mass is 422 g/mol. The molecule has 9 nitrogen and oxygen atoms in total. The molecular weight excluding hydrogens is 392 g/mol. The van der Waals surface area contributed by atoms with E-state index in [1.165, 1.54) is 6.07 Å². The van der Waals surface area contributed by atoms with Crippen LogP contribution in [0.3, 0.4) is 0 Å². The Hall–Kier alpha value is -2.81. The van der Waals surface area contributed by atoms with Crippen LogP contribution in [0.15, 0.2) is 18.2 Å². The van der Waals surface area contributed by atoms with Crippen molar-refractivity contribution in [3.05, 3.63) is 23.8 Å². The number of hydrogen-bond acceptors (Lipinski definition) is 6. The number of carboxylic acids is 2. The van der Waals surface area contributed by atoms with Gasteiger partial charge in [0, 0.05) is 25.6 Å². The second kappa shape index (κ2) is 10.8. The van der Waals surface area contributed by atoms with Gasteiger partial charge in [-0.05, 0) is 62.4 Å². The van der Waals surface area contributed by atoms with E-state index in [4.69, 9.17) is 19.8 Å². The number of nitrogens with zero attached hydrogens (tertiary/aromatic N) is 2. The Morgan fingerprint density at radius 3 is 1.97 bits per heavy atom. The van der Waals surface area contributed by atoms with Crippen molar-refractivity contribution in [2.24, 2.45) is 11.8 Å². The molecule has 1 aromatic rings. The number of carbonyl (C=O) groups is 3. The van der Waals surface area contributed by atoms with E-state index in [2.05, 4.69) is 16.7 Å². The zero-order chi connectivity index (χ0) is 22.3. The first-order valence-corrected chi connectivity index (χ1v) is 10.2. The van der Waals surface area contributed by atoms with Gasteiger partial charge >= 0.3 is 11.9 Å². The molecular formula is C21H30N2O7. The van der Waals surface area contributed by atoms with Crippen molar-refractivity contribution in [3.63, 3.8) is 0 Å². The van der Waals surface area contributed by atoms with Gasteiger partial charge in [0.1, 0.15) is 0 Å². The number of benzene rings is 1. The number of aliphatic carboxylic acids is 2. The third-order valence-electron chi connectivity index (χ3n) is 5.66. The minimum atomic E-state index is -1.82. The second-order valence-corrected chi connectivity index (χ2v) is 7.99. The molecule has 0 spiro atoms. The van der Waals surface area contributed by atoms with Crippen molar-refractivity contribution < 1.29 is 34.8 Å². The van der Waals surface area contributed by atoms with Crippen LogP contribution in [0.2, 0.25) is 0 Å². The number of piperidine rings is 2. The van der Waals surface area contributed by atoms with Crippen LogP contribution in [0.5, 0.6) is 11.5 Å². The van der Waals surface area contributed by atoms with Gasteiger partial charge in [-0.1, -0.05) is 13.0 Å². The van der Waals surface area contributed by atoms with Gasteiger partial charge in [0.25, 0.3) is 0 Å². The lowest BCUT2D eigenvalue weighted by atomic mass is 9.92. The van der Waals surface area contributed by atoms with Crippen LogP contribution in [0.25, 0.3) is 0 Å². The number of hydrogen-bond donors (Lipinski definition) is 4. The Balaban J connectivity index is 0.000000469. The van der Waals surface area contributed by atoms with E-state index in [1.807, 2.05) is 6.07 Å². The Morgan fingerprint density at radius 2 is 1.47 bits per heavy atom. The maximum Gasteiger partial charge on any atom is 0.414 e. The fourth-order valence-electron chi connectivity index (χ4n) is 3.75. The van der Waals surface area contributed by atoms with E-state index in [-0.39, 0.29) is 17.4 Å². The number of carboxylic acid groups (broad SMARTS) is 2. The topological polar surface area (TPSA) is 139 Å². The average molecular weight is 422 g/mol. The van der Waals surface area contributed by atoms with Gasteiger partial charge in [-0.2, -0.15) is 0 Å². The lowest BCUT2D eigenvalue weighted by Gasteiger charge is -2.36. The molecule has 2 aliphatic heterocycles. The molecule has 0 aliphatic carbocycles. The number of phenols is 2. The van der Waals surface area contributed by atoms with Crippen LogP contribution < -0.4 is 0 Å². The first kappa shape index (κ1) is 23.5. The molecule has 3 rings (SSSR count). The fraction of sp³-hybridized carbons (Fsp3) is 0.571. The highest BCUT2D eigenvalue weighted by atomic mass is 16.4. The first-order chi connectivity index (χ1) is 14.2. The molecule has 0 bridgehead atoms. The van der Waals surface area contributed by atoms with Crippen LogP contribution in [0, 0.1) is 11.8 Å². The molecule has 0 radical (unpaired) electrons. The van der Waals surface area contributed by atoms with E-state index in [0.29, 0.717) is 5.91 Å². The molecule has 4 N–H and O–H groups in total. The van der Waals surface area contributed by atoms with E-state index in [0.717, 1.165) is 69.9 Å². The van der Waals surface area contributed by atoms with Gasteiger partial charge in [0.2, 0.25) is 5.91 Å². The minimum Gasteiger partial charge on any atom is -0.504 e. The summed E-state index contributed by atoms with van der Waals surface area (Å²) in [7, 11) is 0. The molecule has 0 saturated carbocycles. The quantitative estimate of drug-likeness (QED) is 0.427. The fourth-order valence-corrected chi connectivity index (χ4v) is 3.75. The van der Waals surface area contributed by atoms with Crippen LogP contribution in [-0.2, 0) is 20.9 Å². The van der Waals surface area contributed by atoms with Gasteiger partial charge < -0.3 is 25.3 Å². The molecule has 30 heavy (non-hydrogen) atoms. The number of likely N-dealkylation sites (tertiary alicyclic amines) is 2. The lowest BCUT2D eigenvalue weighted by molar-refractivity contribution is -0.159. The number of carbonyl (C=O) groups excluding carboxylic acids is 1. The van der Waals surface area contributed by atoms with Gasteiger partial charge in [0.15, 0.2) is 11.5 Å². The first-order valence-electron chi connectivity index (χ1n) is 10.2. The van der Waals surface area contributed by atoms with Crippen LogP contribution in [0.4, 0.5) is 0 Å². The molecule has 2 saturated heterocycles. The summed E-state index contributed by atoms with van der Waals surface area (Å²) in [6.07, 6.45) is 4.09. The molecule has 0 atom stereocenters. The third-order valence-corrected chi connectivity index (χ3v) is 5.66. The number of phenolic OH excluding ortho intramolecular Hbond substituents is 2. The zero-order valence-corrected chi connectivity index (χ0v) is 17.2. The molecule has 1 amide bonds. The molecule has 9 heteroatoms. The summed E-state index contributed by atoms with van der Waals surface area (Å²) in [6.45, 7) is 6.67. The van der Waals surface area contributed by atoms with E-state index in [1.54, 1.807) is 6.07 Å². The third kappa shape index (κ3) is 6.91. The normalized spacial score (nSPS) is 18.4. The zero-order valence-electron chi connectivity index (χ0n) is 17.2. The van der Waals surface area contributed by atoms with Crippen molar-refractivity contribution >= 4 is 17.8 Å². The van der Waals surface area contributed by atoms with Crippen molar-refractivity contribution in [2.75, 3.05) is 26.2 Å². The molecule has 2 aliphatic rings. The van der Waals surface area contributed by atoms with E-state index < -0.39 is 11.9 Å². The SMILES string of the molecule is CC1CCN(C(=O)C2CCN(Cc3ccc(O)c(O)c3)CC2)CC1.O=C(O)C(=O)O. The highest BCUT2D eigenvalue weighted by Crippen LogP contribution is 2.27. The molecule has 2 heterocycles. The highest BCUT2D eigenvalue weighted by molar-refractivity contribution is 6.27. The largest absolute Gasteiger partial charge is 0.504 e. The second-order valence-electron chi connectivity index (χ2n) is 7.99. The lowest BCUT2D eigenvalue weighted by Crippen LogP contribution is -2.45. The van der Waals surface area contributed by atoms with Crippen LogP contribution in [0.1, 0.15) is 38.2 Å². The van der Waals surface area contributed by atoms with Gasteiger partial charge in [-0.25, -0.2) is 9.59 Å². The molecule has 0 unspecified atom stereocenters. The predicted octanol–water partition coefficient (Wildman–Crippen LogP) is 1.72. The van der Waals surface area contributed by atoms with Crippen molar-refractivity contribution in [1.29, 1.82) is 0 Å². The van der Waals surface area contributed by atoms with Crippen molar-refractivity contribution in [1.82, 2.24) is 9.80 Å². The predicted molar refractivity (Wildman–Crippen MR) is 108 cm³/mol. The Labute approximate surface area is 175 Å². The standard InChI is InChI=1S/C19H28N2O3.C2H2O4/c1-14-4-10-21(11-5-14)19(24)16-6-8-20(9-7-16)13-15-2-3-17(22)18(23)12-15;3-1(4)2(5)6/h2-3,12,14,16,22-23H,4-11,13H2,1H3;(H,3,4)(H,5,6). The molecule has 2 fully saturated rings. The van der Waals surface area contributed by atoms with Crippen molar-refractivity contribution in [2.45, 2.75) is 39.2 Å². The number of aromatic hydroxyl groups is 2. The summed E-state index contributed by atoms with van der Waals surface area (Å²) in [6, 6.07) is 4.97. The minimum absolute atomic E-state index is 0.0723. The summed E-state index contributed by atoms with van der Waals surface area (Å²) < 4.78 is 0. The maximum atomic E-state index is 12.7. The Bertz CT molecular complexity index is 740. The molecule has 0 aromatic heterocycles. The summed E-state index contributed by atoms with van der Waals surface area (Å²) >= 11 is 0. The summed E-state index contributed by atoms with van der Waals surface area (Å²) in [5.74, 6) is -2.54. The number of rotatable bonds is 3. The van der Waals surface area contributed by atoms with Crippen LogP contribution >= 0.6 is 0 Å². The maximum absolute atomic E-state index is 12.7. The summed E-state index contributed by atoms with van der Waals surface area (Å²) in [5, 5.41) is 33.8. The van der Waals surface area contributed by atoms with E-state index >= 15 is 0 Å². The highest BCUT2D eigenvalue weighted by Gasteiger charge is 2.30. The van der Waals surface area contributed by atoms with Gasteiger partial charge in [0.05, 0.1) is 0 Å². The van der Waals surface area contributed by atoms with E-state index in [9.17, 15) is 15.0 Å². The summed E-state index contributed by atoms with van der Waals surface area (Å²) in [4.78, 5) is 35.2. The smallest absolute Gasteiger partial charge is 0.414 e. The van der Waals surface area contributed by atoms with Crippen LogP contribution in [-0.4, -0.2) is 74.3 Å². The summed E-state index contributed by atoms with van der Waals surface area (Å²) in [5.41, 5.74) is 0.986. The van der Waals surface area contributed by atoms with Gasteiger partial charge in [-0.15, -0.1) is 0 Å². The molecule has 166 valence electrons. The van der Waals surface area contributed by atoms with Gasteiger partial charge in [-0.3, -0.25) is 9.69 Å². The number of amides is 1.